The molecule has 0 saturated carbocycles. The summed E-state index contributed by atoms with van der Waals surface area (Å²) in [6, 6.07) is 5.45. The molecule has 0 bridgehead atoms. The molecule has 1 fully saturated rings. The highest BCUT2D eigenvalue weighted by Crippen LogP contribution is 2.22. The lowest BCUT2D eigenvalue weighted by Gasteiger charge is -2.29. The van der Waals surface area contributed by atoms with Crippen LogP contribution in [0.5, 0.6) is 0 Å². The van der Waals surface area contributed by atoms with Crippen molar-refractivity contribution in [2.45, 2.75) is 38.5 Å². The maximum Gasteiger partial charge on any atom is 0.243 e. The van der Waals surface area contributed by atoms with Gasteiger partial charge in [0.15, 0.2) is 0 Å². The van der Waals surface area contributed by atoms with Crippen molar-refractivity contribution in [1.82, 2.24) is 14.5 Å². The number of rotatable bonds is 7. The van der Waals surface area contributed by atoms with Crippen LogP contribution in [0, 0.1) is 13.8 Å². The van der Waals surface area contributed by atoms with Crippen molar-refractivity contribution in [1.29, 1.82) is 0 Å². The minimum absolute atomic E-state index is 0.0266. The number of aryl methyl sites for hydroxylation is 2. The van der Waals surface area contributed by atoms with Crippen molar-refractivity contribution >= 4 is 15.9 Å². The van der Waals surface area contributed by atoms with Crippen LogP contribution in [0.2, 0.25) is 0 Å². The predicted octanol–water partition coefficient (Wildman–Crippen LogP) is 1.53. The van der Waals surface area contributed by atoms with Crippen LogP contribution in [-0.2, 0) is 14.8 Å². The van der Waals surface area contributed by atoms with E-state index in [0.29, 0.717) is 31.0 Å². The van der Waals surface area contributed by atoms with Crippen molar-refractivity contribution in [3.8, 4) is 0 Å². The highest BCUT2D eigenvalue weighted by molar-refractivity contribution is 7.89. The first kappa shape index (κ1) is 19.9. The number of benzene rings is 1. The van der Waals surface area contributed by atoms with E-state index in [1.165, 1.54) is 4.31 Å². The van der Waals surface area contributed by atoms with Crippen LogP contribution in [0.3, 0.4) is 0 Å². The molecule has 1 aromatic carbocycles. The van der Waals surface area contributed by atoms with Gasteiger partial charge < -0.3 is 10.2 Å². The van der Waals surface area contributed by atoms with E-state index in [9.17, 15) is 13.2 Å². The molecule has 1 saturated heterocycles. The molecule has 2 rings (SSSR count). The number of sulfonamides is 1. The normalized spacial score (nSPS) is 15.6. The smallest absolute Gasteiger partial charge is 0.243 e. The molecule has 1 heterocycles. The Kier molecular flexibility index (Phi) is 6.98. The Morgan fingerprint density at radius 1 is 1.20 bits per heavy atom. The van der Waals surface area contributed by atoms with Gasteiger partial charge in [-0.2, -0.15) is 4.31 Å². The molecule has 0 aromatic heterocycles. The standard InChI is InChI=1S/C18H29N3O3S/c1-4-10-21(11-7-18(22)20-12-8-19-9-13-20)25(23,24)17-14-15(2)5-6-16(17)3/h5-6,14,19H,4,7-13H2,1-3H3. The van der Waals surface area contributed by atoms with Crippen LogP contribution in [0.25, 0.3) is 0 Å². The lowest BCUT2D eigenvalue weighted by atomic mass is 10.2. The van der Waals surface area contributed by atoms with Gasteiger partial charge in [0.1, 0.15) is 0 Å². The van der Waals surface area contributed by atoms with Gasteiger partial charge in [-0.1, -0.05) is 19.1 Å². The molecular formula is C18H29N3O3S. The third-order valence-corrected chi connectivity index (χ3v) is 6.52. The monoisotopic (exact) mass is 367 g/mol. The quantitative estimate of drug-likeness (QED) is 0.793. The molecule has 1 aliphatic rings. The molecule has 1 aromatic rings. The van der Waals surface area contributed by atoms with Gasteiger partial charge in [0.05, 0.1) is 4.90 Å². The Labute approximate surface area is 151 Å². The van der Waals surface area contributed by atoms with Crippen LogP contribution < -0.4 is 5.32 Å². The van der Waals surface area contributed by atoms with Gasteiger partial charge in [-0.25, -0.2) is 8.42 Å². The fourth-order valence-corrected chi connectivity index (χ4v) is 4.86. The fourth-order valence-electron chi connectivity index (χ4n) is 3.02. The topological polar surface area (TPSA) is 69.7 Å². The largest absolute Gasteiger partial charge is 0.340 e. The maximum absolute atomic E-state index is 13.1. The maximum atomic E-state index is 13.1. The Bertz CT molecular complexity index is 698. The van der Waals surface area contributed by atoms with E-state index in [1.807, 2.05) is 37.8 Å². The third kappa shape index (κ3) is 5.03. The fraction of sp³-hybridized carbons (Fsp3) is 0.611. The molecule has 0 radical (unpaired) electrons. The molecule has 0 unspecified atom stereocenters. The van der Waals surface area contributed by atoms with E-state index in [2.05, 4.69) is 5.32 Å². The second-order valence-electron chi connectivity index (χ2n) is 6.55. The van der Waals surface area contributed by atoms with Crippen LogP contribution >= 0.6 is 0 Å². The number of nitrogens with one attached hydrogen (secondary N) is 1. The van der Waals surface area contributed by atoms with Gasteiger partial charge in [0.25, 0.3) is 0 Å². The highest BCUT2D eigenvalue weighted by Gasteiger charge is 2.27. The highest BCUT2D eigenvalue weighted by atomic mass is 32.2. The van der Waals surface area contributed by atoms with Crippen molar-refractivity contribution in [3.05, 3.63) is 29.3 Å². The van der Waals surface area contributed by atoms with Crippen LogP contribution in [0.15, 0.2) is 23.1 Å². The van der Waals surface area contributed by atoms with Crippen LogP contribution in [0.1, 0.15) is 30.9 Å². The first-order chi connectivity index (χ1) is 11.9. The second-order valence-corrected chi connectivity index (χ2v) is 8.46. The molecule has 6 nitrogen and oxygen atoms in total. The number of hydrogen-bond donors (Lipinski definition) is 1. The summed E-state index contributed by atoms with van der Waals surface area (Å²) >= 11 is 0. The summed E-state index contributed by atoms with van der Waals surface area (Å²) in [6.45, 7) is 9.27. The molecule has 25 heavy (non-hydrogen) atoms. The van der Waals surface area contributed by atoms with Gasteiger partial charge in [-0.15, -0.1) is 0 Å². The molecule has 140 valence electrons. The van der Waals surface area contributed by atoms with E-state index in [4.69, 9.17) is 0 Å². The van der Waals surface area contributed by atoms with E-state index < -0.39 is 10.0 Å². The molecule has 0 atom stereocenters. The van der Waals surface area contributed by atoms with Gasteiger partial charge in [0, 0.05) is 45.7 Å². The molecule has 7 heteroatoms. The lowest BCUT2D eigenvalue weighted by Crippen LogP contribution is -2.47. The summed E-state index contributed by atoms with van der Waals surface area (Å²) in [6.07, 6.45) is 0.940. The number of carbonyl (C=O) groups excluding carboxylic acids is 1. The zero-order valence-electron chi connectivity index (χ0n) is 15.4. The molecule has 0 spiro atoms. The Hall–Kier alpha value is -1.44. The summed E-state index contributed by atoms with van der Waals surface area (Å²) in [5, 5.41) is 3.21. The zero-order chi connectivity index (χ0) is 18.4. The predicted molar refractivity (Wildman–Crippen MR) is 99.0 cm³/mol. The average molecular weight is 368 g/mol. The molecule has 0 aliphatic carbocycles. The second kappa shape index (κ2) is 8.78. The van der Waals surface area contributed by atoms with Crippen molar-refractivity contribution < 1.29 is 13.2 Å². The number of amides is 1. The average Bonchev–Trinajstić information content (AvgIpc) is 2.60. The first-order valence-corrected chi connectivity index (χ1v) is 10.4. The Balaban J connectivity index is 2.13. The summed E-state index contributed by atoms with van der Waals surface area (Å²) in [5.41, 5.74) is 1.65. The summed E-state index contributed by atoms with van der Waals surface area (Å²) in [4.78, 5) is 14.5. The molecule has 1 amide bonds. The number of hydrogen-bond acceptors (Lipinski definition) is 4. The van der Waals surface area contributed by atoms with Crippen molar-refractivity contribution in [2.75, 3.05) is 39.3 Å². The minimum Gasteiger partial charge on any atom is -0.340 e. The first-order valence-electron chi connectivity index (χ1n) is 8.92. The Morgan fingerprint density at radius 2 is 1.88 bits per heavy atom. The third-order valence-electron chi connectivity index (χ3n) is 4.48. The Morgan fingerprint density at radius 3 is 2.52 bits per heavy atom. The molecule has 1 aliphatic heterocycles. The van der Waals surface area contributed by atoms with Gasteiger partial charge in [0.2, 0.25) is 15.9 Å². The minimum atomic E-state index is -3.59. The molecular weight excluding hydrogens is 338 g/mol. The van der Waals surface area contributed by atoms with E-state index in [0.717, 1.165) is 24.2 Å². The van der Waals surface area contributed by atoms with Crippen molar-refractivity contribution in [2.24, 2.45) is 0 Å². The van der Waals surface area contributed by atoms with Gasteiger partial charge in [-0.3, -0.25) is 4.79 Å². The van der Waals surface area contributed by atoms with Gasteiger partial charge >= 0.3 is 0 Å². The SMILES string of the molecule is CCCN(CCC(=O)N1CCNCC1)S(=O)(=O)c1cc(C)ccc1C. The number of nitrogens with zero attached hydrogens (tertiary/aromatic N) is 2. The number of carbonyl (C=O) groups is 1. The lowest BCUT2D eigenvalue weighted by molar-refractivity contribution is -0.131. The van der Waals surface area contributed by atoms with E-state index >= 15 is 0 Å². The summed E-state index contributed by atoms with van der Waals surface area (Å²) < 4.78 is 27.6. The van der Waals surface area contributed by atoms with Crippen molar-refractivity contribution in [3.63, 3.8) is 0 Å². The number of piperazine rings is 1. The molecule has 1 N–H and O–H groups in total. The van der Waals surface area contributed by atoms with Gasteiger partial charge in [-0.05, 0) is 37.5 Å². The van der Waals surface area contributed by atoms with E-state index in [1.54, 1.807) is 6.07 Å². The summed E-state index contributed by atoms with van der Waals surface area (Å²) in [5.74, 6) is 0.0266. The summed E-state index contributed by atoms with van der Waals surface area (Å²) in [7, 11) is -3.59. The zero-order valence-corrected chi connectivity index (χ0v) is 16.2. The van der Waals surface area contributed by atoms with Crippen LogP contribution in [-0.4, -0.2) is 62.8 Å². The van der Waals surface area contributed by atoms with Crippen LogP contribution in [0.4, 0.5) is 0 Å². The van der Waals surface area contributed by atoms with E-state index in [-0.39, 0.29) is 18.9 Å².